The Hall–Kier alpha value is -2.27. The lowest BCUT2D eigenvalue weighted by molar-refractivity contribution is -0.145. The average molecular weight is 329 g/mol. The Morgan fingerprint density at radius 1 is 1.33 bits per heavy atom. The second-order valence-electron chi connectivity index (χ2n) is 6.01. The molecule has 2 heterocycles. The molecule has 1 fully saturated rings. The zero-order valence-corrected chi connectivity index (χ0v) is 13.9. The molecule has 1 saturated heterocycles. The van der Waals surface area contributed by atoms with Crippen LogP contribution in [0.25, 0.3) is 0 Å². The Labute approximate surface area is 141 Å². The molecule has 24 heavy (non-hydrogen) atoms. The van der Waals surface area contributed by atoms with Crippen LogP contribution in [0.5, 0.6) is 5.75 Å². The highest BCUT2D eigenvalue weighted by Gasteiger charge is 2.36. The lowest BCUT2D eigenvalue weighted by Crippen LogP contribution is -2.46. The van der Waals surface area contributed by atoms with Gasteiger partial charge in [0.25, 0.3) is 0 Å². The Morgan fingerprint density at radius 2 is 2.12 bits per heavy atom. The van der Waals surface area contributed by atoms with Gasteiger partial charge in [-0.3, -0.25) is 9.69 Å². The minimum Gasteiger partial charge on any atom is -0.494 e. The molecule has 3 rings (SSSR count). The molecule has 0 saturated carbocycles. The fourth-order valence-electron chi connectivity index (χ4n) is 3.41. The van der Waals surface area contributed by atoms with Crippen molar-refractivity contribution >= 4 is 5.97 Å². The first-order chi connectivity index (χ1) is 11.7. The van der Waals surface area contributed by atoms with E-state index in [1.54, 1.807) is 6.26 Å². The monoisotopic (exact) mass is 329 g/mol. The normalized spacial score (nSPS) is 19.8. The minimum absolute atomic E-state index is 0.197. The Balaban J connectivity index is 1.95. The molecule has 2 atom stereocenters. The van der Waals surface area contributed by atoms with Gasteiger partial charge < -0.3 is 14.3 Å². The van der Waals surface area contributed by atoms with Gasteiger partial charge in [0.05, 0.1) is 18.9 Å². The van der Waals surface area contributed by atoms with Crippen LogP contribution in [0.2, 0.25) is 0 Å². The van der Waals surface area contributed by atoms with E-state index in [2.05, 4.69) is 0 Å². The van der Waals surface area contributed by atoms with E-state index in [0.29, 0.717) is 13.0 Å². The summed E-state index contributed by atoms with van der Waals surface area (Å²) in [6.45, 7) is 3.31. The summed E-state index contributed by atoms with van der Waals surface area (Å²) in [6, 6.07) is 10.9. The first kappa shape index (κ1) is 16.6. The highest BCUT2D eigenvalue weighted by molar-refractivity contribution is 5.73. The maximum Gasteiger partial charge on any atom is 0.320 e. The molecule has 1 aliphatic heterocycles. The number of carboxylic acid groups (broad SMARTS) is 1. The standard InChI is InChI=1S/C19H23NO4/c1-2-23-15-10-8-14(9-11-15)18(17-7-5-13-24-17)20-12-4-3-6-16(20)19(21)22/h5,7-11,13,16,18H,2-4,6,12H2,1H3,(H,21,22). The number of rotatable bonds is 6. The zero-order chi connectivity index (χ0) is 16.9. The molecule has 2 aromatic rings. The van der Waals surface area contributed by atoms with Gasteiger partial charge in [-0.1, -0.05) is 18.6 Å². The molecule has 5 heteroatoms. The summed E-state index contributed by atoms with van der Waals surface area (Å²) in [4.78, 5) is 13.8. The van der Waals surface area contributed by atoms with Crippen LogP contribution in [-0.2, 0) is 4.79 Å². The zero-order valence-electron chi connectivity index (χ0n) is 13.9. The Kier molecular flexibility index (Phi) is 5.20. The van der Waals surface area contributed by atoms with Crippen molar-refractivity contribution in [1.29, 1.82) is 0 Å². The summed E-state index contributed by atoms with van der Waals surface area (Å²) >= 11 is 0. The average Bonchev–Trinajstić information content (AvgIpc) is 3.11. The van der Waals surface area contributed by atoms with E-state index in [9.17, 15) is 9.90 Å². The number of hydrogen-bond donors (Lipinski definition) is 1. The third kappa shape index (κ3) is 3.46. The molecule has 1 aromatic carbocycles. The highest BCUT2D eigenvalue weighted by Crippen LogP contribution is 2.35. The van der Waals surface area contributed by atoms with E-state index >= 15 is 0 Å². The first-order valence-corrected chi connectivity index (χ1v) is 8.45. The number of carbonyl (C=O) groups is 1. The second kappa shape index (κ2) is 7.53. The molecule has 1 aliphatic rings. The molecule has 1 aromatic heterocycles. The summed E-state index contributed by atoms with van der Waals surface area (Å²) < 4.78 is 11.1. The van der Waals surface area contributed by atoms with Crippen LogP contribution in [0.1, 0.15) is 43.6 Å². The van der Waals surface area contributed by atoms with E-state index in [-0.39, 0.29) is 6.04 Å². The van der Waals surface area contributed by atoms with Crippen LogP contribution in [0.3, 0.4) is 0 Å². The number of nitrogens with zero attached hydrogens (tertiary/aromatic N) is 1. The summed E-state index contributed by atoms with van der Waals surface area (Å²) in [5.74, 6) is 0.817. The largest absolute Gasteiger partial charge is 0.494 e. The molecule has 0 spiro atoms. The van der Waals surface area contributed by atoms with Crippen molar-refractivity contribution in [3.8, 4) is 5.75 Å². The molecule has 0 amide bonds. The summed E-state index contributed by atoms with van der Waals surface area (Å²) in [6.07, 6.45) is 4.25. The molecule has 5 nitrogen and oxygen atoms in total. The topological polar surface area (TPSA) is 62.9 Å². The van der Waals surface area contributed by atoms with Crippen molar-refractivity contribution < 1.29 is 19.1 Å². The maximum absolute atomic E-state index is 11.7. The Bertz CT molecular complexity index is 651. The van der Waals surface area contributed by atoms with Gasteiger partial charge in [0.15, 0.2) is 0 Å². The van der Waals surface area contributed by atoms with Crippen LogP contribution in [0.15, 0.2) is 47.1 Å². The molecule has 0 aliphatic carbocycles. The molecule has 0 bridgehead atoms. The van der Waals surface area contributed by atoms with Crippen molar-refractivity contribution in [2.45, 2.75) is 38.3 Å². The number of carboxylic acids is 1. The van der Waals surface area contributed by atoms with Crippen molar-refractivity contribution in [1.82, 2.24) is 4.90 Å². The molecule has 1 N–H and O–H groups in total. The van der Waals surface area contributed by atoms with Crippen LogP contribution in [0, 0.1) is 0 Å². The number of aliphatic carboxylic acids is 1. The molecule has 128 valence electrons. The second-order valence-corrected chi connectivity index (χ2v) is 6.01. The van der Waals surface area contributed by atoms with Crippen molar-refractivity contribution in [3.05, 3.63) is 54.0 Å². The summed E-state index contributed by atoms with van der Waals surface area (Å²) in [5.41, 5.74) is 1.02. The van der Waals surface area contributed by atoms with E-state index in [0.717, 1.165) is 36.5 Å². The molecular formula is C19H23NO4. The fraction of sp³-hybridized carbons (Fsp3) is 0.421. The van der Waals surface area contributed by atoms with Gasteiger partial charge in [-0.15, -0.1) is 0 Å². The Morgan fingerprint density at radius 3 is 2.75 bits per heavy atom. The van der Waals surface area contributed by atoms with E-state index in [4.69, 9.17) is 9.15 Å². The number of benzene rings is 1. The van der Waals surface area contributed by atoms with Gasteiger partial charge >= 0.3 is 5.97 Å². The minimum atomic E-state index is -0.766. The molecule has 2 unspecified atom stereocenters. The third-order valence-electron chi connectivity index (χ3n) is 4.48. The molecule has 0 radical (unpaired) electrons. The summed E-state index contributed by atoms with van der Waals surface area (Å²) in [5, 5.41) is 9.62. The predicted octanol–water partition coefficient (Wildman–Crippen LogP) is 3.71. The highest BCUT2D eigenvalue weighted by atomic mass is 16.5. The van der Waals surface area contributed by atoms with E-state index < -0.39 is 12.0 Å². The van der Waals surface area contributed by atoms with Gasteiger partial charge in [0.2, 0.25) is 0 Å². The van der Waals surface area contributed by atoms with Crippen LogP contribution < -0.4 is 4.74 Å². The van der Waals surface area contributed by atoms with Gasteiger partial charge in [0, 0.05) is 6.54 Å². The first-order valence-electron chi connectivity index (χ1n) is 8.45. The van der Waals surface area contributed by atoms with Crippen LogP contribution in [-0.4, -0.2) is 35.2 Å². The quantitative estimate of drug-likeness (QED) is 0.875. The van der Waals surface area contributed by atoms with Gasteiger partial charge in [-0.25, -0.2) is 0 Å². The predicted molar refractivity (Wildman–Crippen MR) is 90.1 cm³/mol. The number of likely N-dealkylation sites (tertiary alicyclic amines) is 1. The van der Waals surface area contributed by atoms with Crippen molar-refractivity contribution in [3.63, 3.8) is 0 Å². The summed E-state index contributed by atoms with van der Waals surface area (Å²) in [7, 11) is 0. The number of piperidine rings is 1. The number of furan rings is 1. The van der Waals surface area contributed by atoms with Gasteiger partial charge in [-0.05, 0) is 49.6 Å². The van der Waals surface area contributed by atoms with E-state index in [1.165, 1.54) is 0 Å². The van der Waals surface area contributed by atoms with Crippen LogP contribution in [0.4, 0.5) is 0 Å². The number of hydrogen-bond acceptors (Lipinski definition) is 4. The fourth-order valence-corrected chi connectivity index (χ4v) is 3.41. The van der Waals surface area contributed by atoms with Crippen molar-refractivity contribution in [2.24, 2.45) is 0 Å². The molecular weight excluding hydrogens is 306 g/mol. The lowest BCUT2D eigenvalue weighted by Gasteiger charge is -2.38. The lowest BCUT2D eigenvalue weighted by atomic mass is 9.95. The van der Waals surface area contributed by atoms with Crippen molar-refractivity contribution in [2.75, 3.05) is 13.2 Å². The smallest absolute Gasteiger partial charge is 0.320 e. The van der Waals surface area contributed by atoms with Gasteiger partial charge in [-0.2, -0.15) is 0 Å². The maximum atomic E-state index is 11.7. The van der Waals surface area contributed by atoms with E-state index in [1.807, 2.05) is 48.2 Å². The third-order valence-corrected chi connectivity index (χ3v) is 4.48. The van der Waals surface area contributed by atoms with Gasteiger partial charge in [0.1, 0.15) is 17.6 Å². The SMILES string of the molecule is CCOc1ccc(C(c2ccco2)N2CCCCC2C(=O)O)cc1. The number of ether oxygens (including phenoxy) is 1. The van der Waals surface area contributed by atoms with Crippen LogP contribution >= 0.6 is 0 Å².